The van der Waals surface area contributed by atoms with Crippen LogP contribution in [0.3, 0.4) is 0 Å². The minimum Gasteiger partial charge on any atom is -0.314 e. The third-order valence-corrected chi connectivity index (χ3v) is 5.28. The van der Waals surface area contributed by atoms with Gasteiger partial charge in [0.15, 0.2) is 0 Å². The first-order chi connectivity index (χ1) is 11.5. The van der Waals surface area contributed by atoms with Crippen LogP contribution in [0.15, 0.2) is 18.2 Å². The first-order valence-electron chi connectivity index (χ1n) is 8.78. The fourth-order valence-corrected chi connectivity index (χ4v) is 4.14. The number of alkyl halides is 3. The van der Waals surface area contributed by atoms with Crippen molar-refractivity contribution >= 4 is 12.4 Å². The number of nitrogens with one attached hydrogen (secondary N) is 1. The second kappa shape index (κ2) is 8.69. The molecule has 2 nitrogen and oxygen atoms in total. The molecule has 0 spiro atoms. The molecular formula is C18H25ClF4N2. The van der Waals surface area contributed by atoms with Crippen LogP contribution in [-0.2, 0) is 6.18 Å². The largest absolute Gasteiger partial charge is 0.419 e. The number of hydrogen-bond donors (Lipinski definition) is 1. The maximum absolute atomic E-state index is 14.1. The van der Waals surface area contributed by atoms with E-state index in [4.69, 9.17) is 0 Å². The summed E-state index contributed by atoms with van der Waals surface area (Å²) in [5.74, 6) is -0.760. The number of nitrogens with zero attached hydrogens (tertiary/aromatic N) is 1. The number of halogens is 5. The van der Waals surface area contributed by atoms with Gasteiger partial charge < -0.3 is 5.32 Å². The Morgan fingerprint density at radius 2 is 1.68 bits per heavy atom. The fourth-order valence-electron chi connectivity index (χ4n) is 4.14. The van der Waals surface area contributed by atoms with E-state index in [0.29, 0.717) is 11.5 Å². The third kappa shape index (κ3) is 4.86. The zero-order valence-corrected chi connectivity index (χ0v) is 14.9. The summed E-state index contributed by atoms with van der Waals surface area (Å²) in [6.07, 6.45) is 1.01. The number of piperazine rings is 1. The van der Waals surface area contributed by atoms with Crippen molar-refractivity contribution < 1.29 is 17.6 Å². The van der Waals surface area contributed by atoms with E-state index in [-0.39, 0.29) is 18.4 Å². The van der Waals surface area contributed by atoms with Crippen molar-refractivity contribution in [2.75, 3.05) is 26.2 Å². The van der Waals surface area contributed by atoms with Crippen LogP contribution in [-0.4, -0.2) is 31.1 Å². The van der Waals surface area contributed by atoms with E-state index in [9.17, 15) is 17.6 Å². The molecule has 1 aliphatic carbocycles. The maximum Gasteiger partial charge on any atom is 0.419 e. The lowest BCUT2D eigenvalue weighted by molar-refractivity contribution is -0.140. The average Bonchev–Trinajstić information content (AvgIpc) is 2.56. The highest BCUT2D eigenvalue weighted by molar-refractivity contribution is 5.85. The molecule has 0 radical (unpaired) electrons. The normalized spacial score (nSPS) is 21.6. The van der Waals surface area contributed by atoms with Crippen molar-refractivity contribution in [2.24, 2.45) is 5.92 Å². The van der Waals surface area contributed by atoms with Crippen LogP contribution in [0.25, 0.3) is 0 Å². The van der Waals surface area contributed by atoms with E-state index in [1.54, 1.807) is 0 Å². The summed E-state index contributed by atoms with van der Waals surface area (Å²) in [5, 5.41) is 3.30. The minimum absolute atomic E-state index is 0. The van der Waals surface area contributed by atoms with Crippen molar-refractivity contribution in [3.8, 4) is 0 Å². The Kier molecular flexibility index (Phi) is 7.11. The molecule has 7 heteroatoms. The number of hydrogen-bond acceptors (Lipinski definition) is 2. The van der Waals surface area contributed by atoms with Gasteiger partial charge in [-0.1, -0.05) is 25.3 Å². The molecule has 1 aromatic rings. The summed E-state index contributed by atoms with van der Waals surface area (Å²) in [6, 6.07) is 3.52. The van der Waals surface area contributed by atoms with E-state index in [0.717, 1.165) is 64.0 Å². The molecule has 2 aliphatic rings. The fraction of sp³-hybridized carbons (Fsp3) is 0.667. The van der Waals surface area contributed by atoms with Crippen LogP contribution >= 0.6 is 12.4 Å². The SMILES string of the molecule is Cl.Fc1cc([C@H](C2CCCCC2)N2CCNCC2)ccc1C(F)(F)F. The Morgan fingerprint density at radius 1 is 1.04 bits per heavy atom. The molecule has 0 unspecified atom stereocenters. The maximum atomic E-state index is 14.1. The van der Waals surface area contributed by atoms with Crippen molar-refractivity contribution in [3.63, 3.8) is 0 Å². The Balaban J connectivity index is 0.00000225. The van der Waals surface area contributed by atoms with Gasteiger partial charge in [-0.15, -0.1) is 12.4 Å². The van der Waals surface area contributed by atoms with Crippen molar-refractivity contribution in [2.45, 2.75) is 44.3 Å². The molecular weight excluding hydrogens is 356 g/mol. The van der Waals surface area contributed by atoms with Gasteiger partial charge in [0.2, 0.25) is 0 Å². The standard InChI is InChI=1S/C18H24F4N2.ClH/c19-16-12-14(6-7-15(16)18(20,21)22)17(13-4-2-1-3-5-13)24-10-8-23-9-11-24;/h6-7,12-13,17,23H,1-5,8-11H2;1H/t17-;/m0./s1. The molecule has 142 valence electrons. The van der Waals surface area contributed by atoms with Crippen LogP contribution in [0.2, 0.25) is 0 Å². The van der Waals surface area contributed by atoms with Crippen molar-refractivity contribution in [3.05, 3.63) is 35.1 Å². The van der Waals surface area contributed by atoms with Crippen LogP contribution in [0.5, 0.6) is 0 Å². The van der Waals surface area contributed by atoms with Gasteiger partial charge in [0.1, 0.15) is 5.82 Å². The number of benzene rings is 1. The topological polar surface area (TPSA) is 15.3 Å². The molecule has 1 atom stereocenters. The van der Waals surface area contributed by atoms with Crippen molar-refractivity contribution in [1.29, 1.82) is 0 Å². The van der Waals surface area contributed by atoms with Crippen LogP contribution in [0.4, 0.5) is 17.6 Å². The lowest BCUT2D eigenvalue weighted by Gasteiger charge is -2.41. The van der Waals surface area contributed by atoms with Gasteiger partial charge in [0.25, 0.3) is 0 Å². The summed E-state index contributed by atoms with van der Waals surface area (Å²) in [6.45, 7) is 3.44. The smallest absolute Gasteiger partial charge is 0.314 e. The van der Waals surface area contributed by atoms with E-state index in [1.807, 2.05) is 0 Å². The first-order valence-corrected chi connectivity index (χ1v) is 8.78. The Morgan fingerprint density at radius 3 is 2.24 bits per heavy atom. The number of rotatable bonds is 3. The van der Waals surface area contributed by atoms with Gasteiger partial charge in [0.05, 0.1) is 5.56 Å². The third-order valence-electron chi connectivity index (χ3n) is 5.28. The summed E-state index contributed by atoms with van der Waals surface area (Å²) < 4.78 is 52.6. The monoisotopic (exact) mass is 380 g/mol. The van der Waals surface area contributed by atoms with Gasteiger partial charge in [-0.3, -0.25) is 4.90 Å². The molecule has 1 saturated heterocycles. The van der Waals surface area contributed by atoms with E-state index < -0.39 is 17.6 Å². The molecule has 1 N–H and O–H groups in total. The van der Waals surface area contributed by atoms with Crippen LogP contribution < -0.4 is 5.32 Å². The van der Waals surface area contributed by atoms with Crippen molar-refractivity contribution in [1.82, 2.24) is 10.2 Å². The van der Waals surface area contributed by atoms with Crippen LogP contribution in [0.1, 0.15) is 49.3 Å². The predicted molar refractivity (Wildman–Crippen MR) is 92.4 cm³/mol. The highest BCUT2D eigenvalue weighted by atomic mass is 35.5. The molecule has 0 bridgehead atoms. The molecule has 1 aromatic carbocycles. The van der Waals surface area contributed by atoms with Gasteiger partial charge >= 0.3 is 6.18 Å². The van der Waals surface area contributed by atoms with E-state index >= 15 is 0 Å². The lowest BCUT2D eigenvalue weighted by atomic mass is 9.80. The lowest BCUT2D eigenvalue weighted by Crippen LogP contribution is -2.47. The molecule has 3 rings (SSSR count). The average molecular weight is 381 g/mol. The summed E-state index contributed by atoms with van der Waals surface area (Å²) >= 11 is 0. The zero-order valence-electron chi connectivity index (χ0n) is 14.1. The second-order valence-corrected chi connectivity index (χ2v) is 6.87. The predicted octanol–water partition coefficient (Wildman–Crippen LogP) is 4.79. The van der Waals surface area contributed by atoms with E-state index in [2.05, 4.69) is 10.2 Å². The Labute approximate surface area is 152 Å². The Hall–Kier alpha value is -0.850. The molecule has 0 aromatic heterocycles. The summed E-state index contributed by atoms with van der Waals surface area (Å²) in [4.78, 5) is 2.31. The van der Waals surface area contributed by atoms with Crippen LogP contribution in [0, 0.1) is 11.7 Å². The van der Waals surface area contributed by atoms with Gasteiger partial charge in [-0.2, -0.15) is 13.2 Å². The minimum atomic E-state index is -4.64. The molecule has 1 saturated carbocycles. The molecule has 1 heterocycles. The summed E-state index contributed by atoms with van der Waals surface area (Å²) in [5.41, 5.74) is -0.483. The molecule has 0 amide bonds. The highest BCUT2D eigenvalue weighted by Crippen LogP contribution is 2.40. The second-order valence-electron chi connectivity index (χ2n) is 6.87. The van der Waals surface area contributed by atoms with Gasteiger partial charge in [-0.25, -0.2) is 4.39 Å². The van der Waals surface area contributed by atoms with Gasteiger partial charge in [-0.05, 0) is 36.5 Å². The van der Waals surface area contributed by atoms with Gasteiger partial charge in [0, 0.05) is 32.2 Å². The Bertz CT molecular complexity index is 534. The molecule has 1 aliphatic heterocycles. The quantitative estimate of drug-likeness (QED) is 0.758. The molecule has 25 heavy (non-hydrogen) atoms. The zero-order chi connectivity index (χ0) is 17.2. The molecule has 2 fully saturated rings. The highest BCUT2D eigenvalue weighted by Gasteiger charge is 2.36. The van der Waals surface area contributed by atoms with E-state index in [1.165, 1.54) is 12.5 Å². The summed E-state index contributed by atoms with van der Waals surface area (Å²) in [7, 11) is 0. The first kappa shape index (κ1) is 20.5.